The summed E-state index contributed by atoms with van der Waals surface area (Å²) in [6.07, 6.45) is 0. The van der Waals surface area contributed by atoms with Crippen LogP contribution < -0.4 is 5.73 Å². The average Bonchev–Trinajstić information content (AvgIpc) is 2.63. The molecule has 2 aromatic heterocycles. The van der Waals surface area contributed by atoms with Crippen LogP contribution in [0.5, 0.6) is 0 Å². The maximum absolute atomic E-state index is 5.99. The fourth-order valence-electron chi connectivity index (χ4n) is 2.06. The van der Waals surface area contributed by atoms with Gasteiger partial charge < -0.3 is 5.73 Å². The van der Waals surface area contributed by atoms with Crippen LogP contribution in [0.4, 0.5) is 0 Å². The molecule has 6 nitrogen and oxygen atoms in total. The normalized spacial score (nSPS) is 15.6. The second-order valence-electron chi connectivity index (χ2n) is 4.41. The number of hydrogen-bond donors (Lipinski definition) is 1. The molecule has 2 rings (SSSR count). The molecule has 0 aliphatic heterocycles. The van der Waals surface area contributed by atoms with Crippen molar-refractivity contribution in [3.63, 3.8) is 0 Å². The van der Waals surface area contributed by atoms with Crippen molar-refractivity contribution in [1.82, 2.24) is 25.3 Å². The molecular formula is C10H16N6. The molecule has 2 unspecified atom stereocenters. The van der Waals surface area contributed by atoms with E-state index in [0.29, 0.717) is 11.6 Å². The lowest BCUT2D eigenvalue weighted by Crippen LogP contribution is -2.29. The predicted octanol–water partition coefficient (Wildman–Crippen LogP) is 0.606. The van der Waals surface area contributed by atoms with Gasteiger partial charge in [-0.2, -0.15) is 5.10 Å². The van der Waals surface area contributed by atoms with E-state index < -0.39 is 0 Å². The Morgan fingerprint density at radius 2 is 2.00 bits per heavy atom. The molecule has 16 heavy (non-hydrogen) atoms. The fraction of sp³-hybridized carbons (Fsp3) is 0.600. The van der Waals surface area contributed by atoms with E-state index in [-0.39, 0.29) is 12.0 Å². The first-order valence-corrected chi connectivity index (χ1v) is 5.40. The predicted molar refractivity (Wildman–Crippen MR) is 59.8 cm³/mol. The first-order valence-electron chi connectivity index (χ1n) is 5.40. The van der Waals surface area contributed by atoms with E-state index in [2.05, 4.69) is 34.5 Å². The Morgan fingerprint density at radius 1 is 1.25 bits per heavy atom. The molecule has 0 saturated carbocycles. The van der Waals surface area contributed by atoms with E-state index in [1.165, 1.54) is 4.63 Å². The second kappa shape index (κ2) is 4.13. The Hall–Kier alpha value is -1.56. The van der Waals surface area contributed by atoms with E-state index in [1.807, 2.05) is 19.1 Å². The topological polar surface area (TPSA) is 82.0 Å². The zero-order valence-corrected chi connectivity index (χ0v) is 9.70. The quantitative estimate of drug-likeness (QED) is 0.819. The van der Waals surface area contributed by atoms with Crippen LogP contribution in [0.15, 0.2) is 12.1 Å². The zero-order chi connectivity index (χ0) is 11.7. The summed E-state index contributed by atoms with van der Waals surface area (Å²) >= 11 is 0. The van der Waals surface area contributed by atoms with Crippen molar-refractivity contribution in [3.05, 3.63) is 17.8 Å². The van der Waals surface area contributed by atoms with Gasteiger partial charge in [0.1, 0.15) is 0 Å². The van der Waals surface area contributed by atoms with Gasteiger partial charge in [0.05, 0.1) is 5.69 Å². The average molecular weight is 220 g/mol. The zero-order valence-electron chi connectivity index (χ0n) is 9.70. The number of rotatable bonds is 3. The summed E-state index contributed by atoms with van der Waals surface area (Å²) in [6.45, 7) is 6.27. The monoisotopic (exact) mass is 220 g/mol. The first kappa shape index (κ1) is 10.9. The third-order valence-electron chi connectivity index (χ3n) is 2.72. The summed E-state index contributed by atoms with van der Waals surface area (Å²) < 4.78 is 1.44. The molecule has 0 aliphatic rings. The fourth-order valence-corrected chi connectivity index (χ4v) is 2.06. The lowest BCUT2D eigenvalue weighted by atomic mass is 9.87. The lowest BCUT2D eigenvalue weighted by molar-refractivity contribution is 0.420. The Balaban J connectivity index is 2.44. The van der Waals surface area contributed by atoms with Crippen molar-refractivity contribution in [2.24, 2.45) is 11.7 Å². The molecular weight excluding hydrogens is 204 g/mol. The van der Waals surface area contributed by atoms with Gasteiger partial charge in [-0.05, 0) is 35.4 Å². The van der Waals surface area contributed by atoms with Gasteiger partial charge in [0.2, 0.25) is 0 Å². The van der Waals surface area contributed by atoms with Crippen LogP contribution >= 0.6 is 0 Å². The van der Waals surface area contributed by atoms with Crippen molar-refractivity contribution >= 4 is 5.65 Å². The highest BCUT2D eigenvalue weighted by Gasteiger charge is 2.22. The van der Waals surface area contributed by atoms with E-state index in [1.54, 1.807) is 0 Å². The third-order valence-corrected chi connectivity index (χ3v) is 2.72. The van der Waals surface area contributed by atoms with Crippen LogP contribution in [0.2, 0.25) is 0 Å². The Labute approximate surface area is 93.8 Å². The van der Waals surface area contributed by atoms with Crippen LogP contribution in [-0.4, -0.2) is 31.3 Å². The molecule has 6 heteroatoms. The summed E-state index contributed by atoms with van der Waals surface area (Å²) in [7, 11) is 0. The molecule has 2 N–H and O–H groups in total. The molecule has 2 aromatic rings. The molecule has 2 heterocycles. The second-order valence-corrected chi connectivity index (χ2v) is 4.41. The van der Waals surface area contributed by atoms with Crippen LogP contribution in [0, 0.1) is 5.92 Å². The maximum atomic E-state index is 5.99. The Bertz CT molecular complexity index is 467. The minimum atomic E-state index is 0.0569. The summed E-state index contributed by atoms with van der Waals surface area (Å²) in [6, 6.07) is 3.86. The molecule has 86 valence electrons. The molecule has 0 aromatic carbocycles. The number of fused-ring (bicyclic) bond motifs is 1. The van der Waals surface area contributed by atoms with Crippen molar-refractivity contribution in [3.8, 4) is 0 Å². The van der Waals surface area contributed by atoms with Gasteiger partial charge in [-0.25, -0.2) is 0 Å². The number of aromatic nitrogens is 5. The summed E-state index contributed by atoms with van der Waals surface area (Å²) in [4.78, 5) is 0. The summed E-state index contributed by atoms with van der Waals surface area (Å²) in [5.41, 5.74) is 7.57. The molecule has 0 spiro atoms. The van der Waals surface area contributed by atoms with E-state index in [0.717, 1.165) is 5.69 Å². The van der Waals surface area contributed by atoms with Gasteiger partial charge in [-0.3, -0.25) is 0 Å². The van der Waals surface area contributed by atoms with E-state index >= 15 is 0 Å². The van der Waals surface area contributed by atoms with E-state index in [4.69, 9.17) is 5.73 Å². The van der Waals surface area contributed by atoms with Crippen molar-refractivity contribution < 1.29 is 0 Å². The summed E-state index contributed by atoms with van der Waals surface area (Å²) in [5.74, 6) is 0.648. The van der Waals surface area contributed by atoms with Crippen molar-refractivity contribution in [1.29, 1.82) is 0 Å². The number of nitrogens with two attached hydrogens (primary N) is 1. The summed E-state index contributed by atoms with van der Waals surface area (Å²) in [5, 5.41) is 15.5. The molecule has 0 aliphatic carbocycles. The number of tetrazole rings is 1. The maximum Gasteiger partial charge on any atom is 0.199 e. The van der Waals surface area contributed by atoms with Gasteiger partial charge in [0.25, 0.3) is 0 Å². The SMILES string of the molecule is CC(C)C(c1ccc2nnnn2n1)C(C)N. The van der Waals surface area contributed by atoms with Crippen LogP contribution in [0.25, 0.3) is 5.65 Å². The molecule has 2 atom stereocenters. The highest BCUT2D eigenvalue weighted by molar-refractivity contribution is 5.33. The largest absolute Gasteiger partial charge is 0.327 e. The van der Waals surface area contributed by atoms with Gasteiger partial charge in [0, 0.05) is 12.0 Å². The van der Waals surface area contributed by atoms with E-state index in [9.17, 15) is 0 Å². The first-order chi connectivity index (χ1) is 7.59. The molecule has 0 fully saturated rings. The highest BCUT2D eigenvalue weighted by Crippen LogP contribution is 2.25. The third kappa shape index (κ3) is 1.88. The van der Waals surface area contributed by atoms with Crippen LogP contribution in [-0.2, 0) is 0 Å². The molecule has 0 radical (unpaired) electrons. The Kier molecular flexibility index (Phi) is 2.82. The van der Waals surface area contributed by atoms with Gasteiger partial charge >= 0.3 is 0 Å². The van der Waals surface area contributed by atoms with Gasteiger partial charge in [0.15, 0.2) is 5.65 Å². The van der Waals surface area contributed by atoms with Crippen LogP contribution in [0.1, 0.15) is 32.4 Å². The lowest BCUT2D eigenvalue weighted by Gasteiger charge is -2.23. The van der Waals surface area contributed by atoms with Gasteiger partial charge in [-0.1, -0.05) is 13.8 Å². The number of hydrogen-bond acceptors (Lipinski definition) is 5. The van der Waals surface area contributed by atoms with Crippen molar-refractivity contribution in [2.45, 2.75) is 32.7 Å². The van der Waals surface area contributed by atoms with Crippen LogP contribution in [0.3, 0.4) is 0 Å². The number of nitrogens with zero attached hydrogens (tertiary/aromatic N) is 5. The molecule has 0 amide bonds. The minimum absolute atomic E-state index is 0.0569. The minimum Gasteiger partial charge on any atom is -0.327 e. The smallest absolute Gasteiger partial charge is 0.199 e. The standard InChI is InChI=1S/C10H16N6/c1-6(2)10(7(3)11)8-4-5-9-12-14-15-16(9)13-8/h4-7,10H,11H2,1-3H3. The molecule has 0 saturated heterocycles. The van der Waals surface area contributed by atoms with Gasteiger partial charge in [-0.15, -0.1) is 9.73 Å². The molecule has 0 bridgehead atoms. The van der Waals surface area contributed by atoms with Crippen molar-refractivity contribution in [2.75, 3.05) is 0 Å². The Morgan fingerprint density at radius 3 is 2.62 bits per heavy atom. The highest BCUT2D eigenvalue weighted by atomic mass is 15.6.